The Morgan fingerprint density at radius 2 is 2.25 bits per heavy atom. The average molecular weight is 219 g/mol. The molecule has 1 aromatic rings. The van der Waals surface area contributed by atoms with E-state index in [0.29, 0.717) is 11.5 Å². The molecule has 3 rings (SSSR count). The molecule has 1 fully saturated rings. The molecule has 0 amide bonds. The van der Waals surface area contributed by atoms with Gasteiger partial charge in [-0.3, -0.25) is 4.90 Å². The van der Waals surface area contributed by atoms with E-state index in [4.69, 9.17) is 0 Å². The third kappa shape index (κ3) is 1.32. The summed E-state index contributed by atoms with van der Waals surface area (Å²) in [5.41, 5.74) is 2.90. The Labute approximate surface area is 96.3 Å². The summed E-state index contributed by atoms with van der Waals surface area (Å²) in [6, 6.07) is 5.74. The number of piperidine rings is 1. The average Bonchev–Trinajstić information content (AvgIpc) is 2.50. The number of nitrogens with zero attached hydrogens (tertiary/aromatic N) is 1. The topological polar surface area (TPSA) is 3.24 Å². The molecular weight excluding hydrogens is 201 g/mol. The van der Waals surface area contributed by atoms with Crippen LogP contribution in [0.15, 0.2) is 18.2 Å². The fourth-order valence-corrected chi connectivity index (χ4v) is 3.74. The van der Waals surface area contributed by atoms with Crippen molar-refractivity contribution in [3.8, 4) is 0 Å². The van der Waals surface area contributed by atoms with Crippen molar-refractivity contribution < 1.29 is 4.39 Å². The predicted molar refractivity (Wildman–Crippen MR) is 62.8 cm³/mol. The van der Waals surface area contributed by atoms with Gasteiger partial charge in [0.2, 0.25) is 0 Å². The fraction of sp³-hybridized carbons (Fsp3) is 0.571. The van der Waals surface area contributed by atoms with Crippen LogP contribution < -0.4 is 0 Å². The second kappa shape index (κ2) is 3.30. The van der Waals surface area contributed by atoms with Gasteiger partial charge in [-0.25, -0.2) is 4.39 Å². The van der Waals surface area contributed by atoms with E-state index in [2.05, 4.69) is 18.9 Å². The summed E-state index contributed by atoms with van der Waals surface area (Å²) in [7, 11) is 2.17. The van der Waals surface area contributed by atoms with Crippen molar-refractivity contribution in [3.63, 3.8) is 0 Å². The van der Waals surface area contributed by atoms with Gasteiger partial charge >= 0.3 is 0 Å². The van der Waals surface area contributed by atoms with Gasteiger partial charge in [-0.1, -0.05) is 13.0 Å². The molecule has 1 aromatic carbocycles. The second-order valence-electron chi connectivity index (χ2n) is 5.66. The van der Waals surface area contributed by atoms with Crippen molar-refractivity contribution in [1.82, 2.24) is 4.90 Å². The summed E-state index contributed by atoms with van der Waals surface area (Å²) < 4.78 is 13.4. The Bertz CT molecular complexity index is 429. The van der Waals surface area contributed by atoms with Crippen LogP contribution in [0, 0.1) is 11.2 Å². The zero-order chi connectivity index (χ0) is 11.3. The minimum absolute atomic E-state index is 0.0954. The molecule has 0 unspecified atom stereocenters. The first-order valence-electron chi connectivity index (χ1n) is 6.09. The molecule has 0 saturated carbocycles. The van der Waals surface area contributed by atoms with Crippen molar-refractivity contribution >= 4 is 0 Å². The third-order valence-electron chi connectivity index (χ3n) is 4.36. The molecule has 2 heteroatoms. The number of halogens is 1. The van der Waals surface area contributed by atoms with Crippen LogP contribution in [0.3, 0.4) is 0 Å². The molecule has 0 bridgehead atoms. The maximum Gasteiger partial charge on any atom is 0.123 e. The number of likely N-dealkylation sites (tertiary alicyclic amines) is 1. The Morgan fingerprint density at radius 1 is 1.44 bits per heavy atom. The van der Waals surface area contributed by atoms with Crippen LogP contribution in [-0.4, -0.2) is 18.5 Å². The lowest BCUT2D eigenvalue weighted by Gasteiger charge is -2.43. The van der Waals surface area contributed by atoms with E-state index in [0.717, 1.165) is 13.0 Å². The van der Waals surface area contributed by atoms with Crippen LogP contribution in [0.1, 0.15) is 36.9 Å². The lowest BCUT2D eigenvalue weighted by molar-refractivity contribution is 0.0589. The fourth-order valence-electron chi connectivity index (χ4n) is 3.74. The molecule has 16 heavy (non-hydrogen) atoms. The van der Waals surface area contributed by atoms with Crippen molar-refractivity contribution in [1.29, 1.82) is 0 Å². The zero-order valence-corrected chi connectivity index (χ0v) is 9.96. The van der Waals surface area contributed by atoms with Gasteiger partial charge in [0.1, 0.15) is 5.82 Å². The number of fused-ring (bicyclic) bond motifs is 3. The molecule has 0 aromatic heterocycles. The lowest BCUT2D eigenvalue weighted by atomic mass is 9.75. The van der Waals surface area contributed by atoms with Crippen molar-refractivity contribution in [2.24, 2.45) is 5.41 Å². The van der Waals surface area contributed by atoms with Gasteiger partial charge in [0.15, 0.2) is 0 Å². The zero-order valence-electron chi connectivity index (χ0n) is 9.96. The van der Waals surface area contributed by atoms with E-state index in [1.54, 1.807) is 12.1 Å². The molecule has 1 aliphatic heterocycles. The Kier molecular flexibility index (Phi) is 2.12. The van der Waals surface area contributed by atoms with Gasteiger partial charge in [-0.05, 0) is 61.5 Å². The Morgan fingerprint density at radius 3 is 3.06 bits per heavy atom. The maximum absolute atomic E-state index is 13.4. The molecule has 2 aliphatic rings. The Balaban J connectivity index is 2.11. The van der Waals surface area contributed by atoms with E-state index >= 15 is 0 Å². The van der Waals surface area contributed by atoms with Crippen LogP contribution in [0.25, 0.3) is 0 Å². The number of hydrogen-bond donors (Lipinski definition) is 0. The van der Waals surface area contributed by atoms with Gasteiger partial charge in [-0.15, -0.1) is 0 Å². The van der Waals surface area contributed by atoms with Gasteiger partial charge in [0.05, 0.1) is 0 Å². The summed E-state index contributed by atoms with van der Waals surface area (Å²) in [4.78, 5) is 2.40. The largest absolute Gasteiger partial charge is 0.299 e. The normalized spacial score (nSPS) is 33.6. The van der Waals surface area contributed by atoms with Gasteiger partial charge < -0.3 is 0 Å². The van der Waals surface area contributed by atoms with E-state index in [1.807, 2.05) is 6.07 Å². The van der Waals surface area contributed by atoms with Crippen molar-refractivity contribution in [2.75, 3.05) is 13.6 Å². The second-order valence-corrected chi connectivity index (χ2v) is 5.66. The monoisotopic (exact) mass is 219 g/mol. The number of hydrogen-bond acceptors (Lipinski definition) is 1. The first-order valence-corrected chi connectivity index (χ1v) is 6.09. The summed E-state index contributed by atoms with van der Waals surface area (Å²) in [6.45, 7) is 3.49. The minimum Gasteiger partial charge on any atom is -0.299 e. The third-order valence-corrected chi connectivity index (χ3v) is 4.36. The lowest BCUT2D eigenvalue weighted by Crippen LogP contribution is -2.40. The summed E-state index contributed by atoms with van der Waals surface area (Å²) in [5, 5.41) is 0. The summed E-state index contributed by atoms with van der Waals surface area (Å²) in [5.74, 6) is -0.0954. The summed E-state index contributed by atoms with van der Waals surface area (Å²) >= 11 is 0. The molecule has 1 heterocycles. The predicted octanol–water partition coefficient (Wildman–Crippen LogP) is 3.15. The van der Waals surface area contributed by atoms with Crippen LogP contribution in [0.4, 0.5) is 4.39 Å². The highest BCUT2D eigenvalue weighted by molar-refractivity contribution is 5.39. The highest BCUT2D eigenvalue weighted by Crippen LogP contribution is 2.53. The standard InChI is InChI=1S/C14H18FN/c1-14-6-3-7-16(2)13(14)12-8-11(15)5-4-10(12)9-14/h4-5,8,13H,3,6-7,9H2,1-2H3/t13-,14+/m1/s1. The first kappa shape index (κ1) is 10.3. The molecule has 86 valence electrons. The van der Waals surface area contributed by atoms with Gasteiger partial charge in [0, 0.05) is 6.04 Å². The SMILES string of the molecule is CN1CCC[C@@]2(C)Cc3ccc(F)cc3[C@@H]12. The molecule has 1 saturated heterocycles. The maximum atomic E-state index is 13.4. The summed E-state index contributed by atoms with van der Waals surface area (Å²) in [6.07, 6.45) is 3.63. The molecule has 0 spiro atoms. The first-order chi connectivity index (χ1) is 7.60. The molecule has 2 atom stereocenters. The quantitative estimate of drug-likeness (QED) is 0.648. The Hall–Kier alpha value is -0.890. The van der Waals surface area contributed by atoms with Crippen molar-refractivity contribution in [3.05, 3.63) is 35.1 Å². The van der Waals surface area contributed by atoms with Crippen LogP contribution in [-0.2, 0) is 6.42 Å². The minimum atomic E-state index is -0.0954. The smallest absolute Gasteiger partial charge is 0.123 e. The molecule has 0 radical (unpaired) electrons. The van der Waals surface area contributed by atoms with Crippen LogP contribution >= 0.6 is 0 Å². The van der Waals surface area contributed by atoms with Crippen molar-refractivity contribution in [2.45, 2.75) is 32.2 Å². The van der Waals surface area contributed by atoms with E-state index in [-0.39, 0.29) is 5.82 Å². The van der Waals surface area contributed by atoms with Crippen LogP contribution in [0.5, 0.6) is 0 Å². The number of benzene rings is 1. The van der Waals surface area contributed by atoms with E-state index in [1.165, 1.54) is 24.0 Å². The van der Waals surface area contributed by atoms with Crippen LogP contribution in [0.2, 0.25) is 0 Å². The molecule has 1 aliphatic carbocycles. The van der Waals surface area contributed by atoms with E-state index in [9.17, 15) is 4.39 Å². The van der Waals surface area contributed by atoms with Gasteiger partial charge in [-0.2, -0.15) is 0 Å². The van der Waals surface area contributed by atoms with E-state index < -0.39 is 0 Å². The highest BCUT2D eigenvalue weighted by atomic mass is 19.1. The molecular formula is C14H18FN. The molecule has 1 nitrogen and oxygen atoms in total. The number of rotatable bonds is 0. The van der Waals surface area contributed by atoms with Gasteiger partial charge in [0.25, 0.3) is 0 Å². The highest BCUT2D eigenvalue weighted by Gasteiger charge is 2.46. The molecule has 0 N–H and O–H groups in total.